The zero-order valence-corrected chi connectivity index (χ0v) is 9.94. The number of aliphatic imine (C=N–C) groups is 1. The van der Waals surface area contributed by atoms with Crippen LogP contribution in [-0.4, -0.2) is 17.5 Å². The number of benzene rings is 1. The Kier molecular flexibility index (Phi) is 3.92. The minimum absolute atomic E-state index is 0.785. The van der Waals surface area contributed by atoms with Gasteiger partial charge in [-0.3, -0.25) is 4.99 Å². The predicted octanol–water partition coefficient (Wildman–Crippen LogP) is 2.92. The average molecular weight is 241 g/mol. The van der Waals surface area contributed by atoms with E-state index >= 15 is 0 Å². The summed E-state index contributed by atoms with van der Waals surface area (Å²) in [6.07, 6.45) is 1.19. The van der Waals surface area contributed by atoms with Crippen LogP contribution in [0.25, 0.3) is 0 Å². The molecule has 0 radical (unpaired) electrons. The minimum atomic E-state index is 0.785. The van der Waals surface area contributed by atoms with Gasteiger partial charge in [-0.25, -0.2) is 0 Å². The first-order valence-corrected chi connectivity index (χ1v) is 6.36. The van der Waals surface area contributed by atoms with Crippen molar-refractivity contribution in [3.63, 3.8) is 0 Å². The summed E-state index contributed by atoms with van der Waals surface area (Å²) in [6, 6.07) is 7.89. The number of rotatable bonds is 2. The molecule has 4 heteroatoms. The molecule has 1 aliphatic rings. The molecule has 0 saturated heterocycles. The lowest BCUT2D eigenvalue weighted by Crippen LogP contribution is -2.22. The van der Waals surface area contributed by atoms with Crippen molar-refractivity contribution in [3.8, 4) is 0 Å². The summed E-state index contributed by atoms with van der Waals surface area (Å²) in [5, 5.41) is 5.16. The van der Waals surface area contributed by atoms with E-state index in [1.807, 2.05) is 18.2 Å². The maximum atomic E-state index is 5.90. The lowest BCUT2D eigenvalue weighted by Gasteiger charge is -2.13. The molecule has 0 saturated carbocycles. The topological polar surface area (TPSA) is 24.4 Å². The van der Waals surface area contributed by atoms with E-state index in [-0.39, 0.29) is 0 Å². The molecule has 2 rings (SSSR count). The molecule has 1 aromatic rings. The van der Waals surface area contributed by atoms with Crippen LogP contribution >= 0.6 is 23.4 Å². The lowest BCUT2D eigenvalue weighted by molar-refractivity contribution is 0.880. The van der Waals surface area contributed by atoms with Gasteiger partial charge in [0.15, 0.2) is 5.17 Å². The fraction of sp³-hybridized carbons (Fsp3) is 0.364. The van der Waals surface area contributed by atoms with Crippen LogP contribution in [0.5, 0.6) is 0 Å². The van der Waals surface area contributed by atoms with E-state index in [2.05, 4.69) is 16.4 Å². The number of amidine groups is 1. The summed E-state index contributed by atoms with van der Waals surface area (Å²) >= 11 is 7.70. The van der Waals surface area contributed by atoms with E-state index in [1.54, 1.807) is 11.8 Å². The monoisotopic (exact) mass is 240 g/mol. The maximum absolute atomic E-state index is 5.90. The van der Waals surface area contributed by atoms with Crippen LogP contribution in [0.2, 0.25) is 5.02 Å². The van der Waals surface area contributed by atoms with Crippen LogP contribution in [0, 0.1) is 0 Å². The SMILES string of the molecule is Clc1cccc(CNC2=NCCCS2)c1. The largest absolute Gasteiger partial charge is 0.361 e. The molecule has 1 aromatic carbocycles. The first-order valence-electron chi connectivity index (χ1n) is 5.00. The molecule has 0 fully saturated rings. The third-order valence-electron chi connectivity index (χ3n) is 2.13. The molecule has 1 heterocycles. The van der Waals surface area contributed by atoms with Crippen molar-refractivity contribution < 1.29 is 0 Å². The Balaban J connectivity index is 1.90. The Hall–Kier alpha value is -0.670. The quantitative estimate of drug-likeness (QED) is 0.860. The van der Waals surface area contributed by atoms with E-state index in [4.69, 9.17) is 11.6 Å². The fourth-order valence-electron chi connectivity index (χ4n) is 1.39. The van der Waals surface area contributed by atoms with Crippen LogP contribution in [0.4, 0.5) is 0 Å². The van der Waals surface area contributed by atoms with Gasteiger partial charge in [0.2, 0.25) is 0 Å². The van der Waals surface area contributed by atoms with Crippen molar-refractivity contribution in [1.82, 2.24) is 5.32 Å². The van der Waals surface area contributed by atoms with Crippen LogP contribution in [0.3, 0.4) is 0 Å². The van der Waals surface area contributed by atoms with Gasteiger partial charge in [0.1, 0.15) is 0 Å². The summed E-state index contributed by atoms with van der Waals surface area (Å²) in [5.74, 6) is 1.17. The van der Waals surface area contributed by atoms with Gasteiger partial charge in [0, 0.05) is 23.9 Å². The summed E-state index contributed by atoms with van der Waals surface area (Å²) in [7, 11) is 0. The number of thioether (sulfide) groups is 1. The van der Waals surface area contributed by atoms with Crippen molar-refractivity contribution in [3.05, 3.63) is 34.9 Å². The van der Waals surface area contributed by atoms with Gasteiger partial charge in [0.05, 0.1) is 0 Å². The van der Waals surface area contributed by atoms with Crippen LogP contribution in [0.15, 0.2) is 29.3 Å². The molecule has 1 N–H and O–H groups in total. The van der Waals surface area contributed by atoms with E-state index < -0.39 is 0 Å². The molecule has 0 atom stereocenters. The smallest absolute Gasteiger partial charge is 0.156 e. The molecule has 15 heavy (non-hydrogen) atoms. The Morgan fingerprint density at radius 1 is 1.47 bits per heavy atom. The van der Waals surface area contributed by atoms with Crippen molar-refractivity contribution >= 4 is 28.5 Å². The zero-order valence-electron chi connectivity index (χ0n) is 8.37. The number of hydrogen-bond acceptors (Lipinski definition) is 3. The fourth-order valence-corrected chi connectivity index (χ4v) is 2.43. The molecule has 0 bridgehead atoms. The van der Waals surface area contributed by atoms with Crippen LogP contribution in [0.1, 0.15) is 12.0 Å². The molecule has 1 aliphatic heterocycles. The highest BCUT2D eigenvalue weighted by atomic mass is 35.5. The van der Waals surface area contributed by atoms with Crippen LogP contribution in [-0.2, 0) is 6.54 Å². The third-order valence-corrected chi connectivity index (χ3v) is 3.40. The zero-order chi connectivity index (χ0) is 10.5. The van der Waals surface area contributed by atoms with Gasteiger partial charge in [-0.05, 0) is 24.1 Å². The summed E-state index contributed by atoms with van der Waals surface area (Å²) in [6.45, 7) is 1.75. The number of halogens is 1. The number of nitrogens with zero attached hydrogens (tertiary/aromatic N) is 1. The highest BCUT2D eigenvalue weighted by molar-refractivity contribution is 8.13. The van der Waals surface area contributed by atoms with Gasteiger partial charge in [-0.1, -0.05) is 35.5 Å². The first kappa shape index (κ1) is 10.8. The molecule has 80 valence electrons. The Labute approximate surface area is 99.1 Å². The summed E-state index contributed by atoms with van der Waals surface area (Å²) < 4.78 is 0. The molecular formula is C11H13ClN2S. The maximum Gasteiger partial charge on any atom is 0.156 e. The molecule has 0 spiro atoms. The predicted molar refractivity (Wildman–Crippen MR) is 67.7 cm³/mol. The molecule has 0 amide bonds. The third kappa shape index (κ3) is 3.43. The average Bonchev–Trinajstić information content (AvgIpc) is 2.28. The molecule has 0 unspecified atom stereocenters. The van der Waals surface area contributed by atoms with E-state index in [9.17, 15) is 0 Å². The highest BCUT2D eigenvalue weighted by Crippen LogP contribution is 2.13. The van der Waals surface area contributed by atoms with Crippen molar-refractivity contribution in [2.24, 2.45) is 4.99 Å². The Bertz CT molecular complexity index is 365. The summed E-state index contributed by atoms with van der Waals surface area (Å²) in [5.41, 5.74) is 1.19. The van der Waals surface area contributed by atoms with Gasteiger partial charge in [0.25, 0.3) is 0 Å². The standard InChI is InChI=1S/C11H13ClN2S/c12-10-4-1-3-9(7-10)8-14-11-13-5-2-6-15-11/h1,3-4,7H,2,5-6,8H2,(H,13,14). The van der Waals surface area contributed by atoms with Crippen molar-refractivity contribution in [2.75, 3.05) is 12.3 Å². The molecular weight excluding hydrogens is 228 g/mol. The second-order valence-corrected chi connectivity index (χ2v) is 4.89. The normalized spacial score (nSPS) is 15.9. The second kappa shape index (κ2) is 5.42. The molecule has 2 nitrogen and oxygen atoms in total. The van der Waals surface area contributed by atoms with Gasteiger partial charge in [-0.15, -0.1) is 0 Å². The van der Waals surface area contributed by atoms with Gasteiger partial charge in [-0.2, -0.15) is 0 Å². The van der Waals surface area contributed by atoms with E-state index in [1.165, 1.54) is 17.7 Å². The van der Waals surface area contributed by atoms with Crippen molar-refractivity contribution in [2.45, 2.75) is 13.0 Å². The minimum Gasteiger partial charge on any atom is -0.361 e. The van der Waals surface area contributed by atoms with E-state index in [0.717, 1.165) is 23.3 Å². The molecule has 0 aliphatic carbocycles. The Morgan fingerprint density at radius 2 is 2.40 bits per heavy atom. The highest BCUT2D eigenvalue weighted by Gasteiger charge is 2.04. The Morgan fingerprint density at radius 3 is 3.13 bits per heavy atom. The molecule has 0 aromatic heterocycles. The van der Waals surface area contributed by atoms with Gasteiger partial charge >= 0.3 is 0 Å². The number of hydrogen-bond donors (Lipinski definition) is 1. The van der Waals surface area contributed by atoms with E-state index in [0.29, 0.717) is 0 Å². The van der Waals surface area contributed by atoms with Gasteiger partial charge < -0.3 is 5.32 Å². The van der Waals surface area contributed by atoms with Crippen molar-refractivity contribution in [1.29, 1.82) is 0 Å². The van der Waals surface area contributed by atoms with Crippen LogP contribution < -0.4 is 5.32 Å². The summed E-state index contributed by atoms with van der Waals surface area (Å²) in [4.78, 5) is 4.40. The second-order valence-electron chi connectivity index (χ2n) is 3.37. The lowest BCUT2D eigenvalue weighted by atomic mass is 10.2. The first-order chi connectivity index (χ1) is 7.34. The number of nitrogens with one attached hydrogen (secondary N) is 1.